The zero-order valence-electron chi connectivity index (χ0n) is 25.8. The molecule has 1 unspecified atom stereocenters. The smallest absolute Gasteiger partial charge is 0.410 e. The maximum atomic E-state index is 12.8. The van der Waals surface area contributed by atoms with E-state index in [9.17, 15) is 23.1 Å². The van der Waals surface area contributed by atoms with Crippen LogP contribution in [0.2, 0.25) is 0 Å². The van der Waals surface area contributed by atoms with Gasteiger partial charge in [0.25, 0.3) is 0 Å². The summed E-state index contributed by atoms with van der Waals surface area (Å²) in [4.78, 5) is 26.0. The molecule has 2 aromatic rings. The number of nitrogens with zero attached hydrogens (tertiary/aromatic N) is 2. The van der Waals surface area contributed by atoms with Gasteiger partial charge in [-0.3, -0.25) is 9.52 Å². The van der Waals surface area contributed by atoms with Gasteiger partial charge < -0.3 is 24.2 Å². The Balaban J connectivity index is 1.81. The van der Waals surface area contributed by atoms with Crippen LogP contribution in [-0.2, 0) is 30.7 Å². The van der Waals surface area contributed by atoms with E-state index < -0.39 is 33.5 Å². The molecule has 0 bridgehead atoms. The molecule has 44 heavy (non-hydrogen) atoms. The molecule has 1 fully saturated rings. The number of carbonyl (C=O) groups is 2. The Morgan fingerprint density at radius 2 is 1.91 bits per heavy atom. The van der Waals surface area contributed by atoms with Crippen molar-refractivity contribution in [2.45, 2.75) is 71.7 Å². The molecule has 0 saturated carbocycles. The fraction of sp³-hybridized carbons (Fsp3) is 0.469. The molecule has 1 heterocycles. The number of esters is 1. The molecule has 1 aliphatic rings. The molecule has 0 aromatic heterocycles. The van der Waals surface area contributed by atoms with Crippen LogP contribution in [0.15, 0.2) is 42.5 Å². The monoisotopic (exact) mass is 627 g/mol. The number of piperidine rings is 1. The topological polar surface area (TPSA) is 155 Å². The minimum Gasteiger partial charge on any atom is -0.490 e. The van der Waals surface area contributed by atoms with Crippen molar-refractivity contribution in [1.29, 1.82) is 5.26 Å². The lowest BCUT2D eigenvalue weighted by atomic mass is 9.98. The average Bonchev–Trinajstić information content (AvgIpc) is 2.94. The summed E-state index contributed by atoms with van der Waals surface area (Å²) in [5.41, 5.74) is 1.94. The van der Waals surface area contributed by atoms with Gasteiger partial charge in [-0.2, -0.15) is 5.26 Å². The van der Waals surface area contributed by atoms with Crippen LogP contribution in [0.25, 0.3) is 6.08 Å². The number of anilines is 1. The van der Waals surface area contributed by atoms with Crippen molar-refractivity contribution in [3.8, 4) is 11.8 Å². The summed E-state index contributed by atoms with van der Waals surface area (Å²) in [5.74, 6) is -1.22. The number of hydrogen-bond acceptors (Lipinski definition) is 9. The number of aliphatic hydroxyl groups is 1. The highest BCUT2D eigenvalue weighted by Crippen LogP contribution is 2.32. The fourth-order valence-electron chi connectivity index (χ4n) is 4.66. The van der Waals surface area contributed by atoms with Gasteiger partial charge in [-0.1, -0.05) is 24.3 Å². The number of aliphatic hydroxyl groups excluding tert-OH is 1. The van der Waals surface area contributed by atoms with Crippen LogP contribution >= 0.6 is 0 Å². The van der Waals surface area contributed by atoms with E-state index in [0.717, 1.165) is 5.56 Å². The third-order valence-corrected chi connectivity index (χ3v) is 7.90. The van der Waals surface area contributed by atoms with Crippen LogP contribution in [-0.4, -0.2) is 73.7 Å². The van der Waals surface area contributed by atoms with Gasteiger partial charge >= 0.3 is 12.1 Å². The minimum absolute atomic E-state index is 0.0336. The minimum atomic E-state index is -4.11. The molecular formula is C32H41N3O8S. The number of carbonyl (C=O) groups excluding carboxylic acids is 2. The van der Waals surface area contributed by atoms with E-state index >= 15 is 0 Å². The maximum Gasteiger partial charge on any atom is 0.410 e. The standard InChI is InChI=1S/C32H41N3O8S/c1-6-41-30(37)21-44(39,40)34-28-12-13-29(42-26-14-16-35(17-15-26)31(38)43-32(3,4)5)22(2)27(28)19-25(36)11-10-23-8-7-9-24(18-23)20-33/h7-13,18,25-26,34,36H,6,14-17,19,21H2,1-5H3/b11-10+. The summed E-state index contributed by atoms with van der Waals surface area (Å²) in [6, 6.07) is 12.2. The number of benzene rings is 2. The number of nitrogens with one attached hydrogen (secondary N) is 1. The van der Waals surface area contributed by atoms with Crippen LogP contribution in [0, 0.1) is 18.3 Å². The Hall–Kier alpha value is -4.08. The summed E-state index contributed by atoms with van der Waals surface area (Å²) in [7, 11) is -4.11. The second-order valence-electron chi connectivity index (χ2n) is 11.5. The predicted octanol–water partition coefficient (Wildman–Crippen LogP) is 4.57. The summed E-state index contributed by atoms with van der Waals surface area (Å²) >= 11 is 0. The molecule has 1 saturated heterocycles. The van der Waals surface area contributed by atoms with E-state index in [1.807, 2.05) is 20.8 Å². The van der Waals surface area contributed by atoms with Gasteiger partial charge in [0.15, 0.2) is 5.75 Å². The van der Waals surface area contributed by atoms with Gasteiger partial charge in [0.1, 0.15) is 17.5 Å². The maximum absolute atomic E-state index is 12.8. The molecule has 12 heteroatoms. The van der Waals surface area contributed by atoms with Gasteiger partial charge in [-0.25, -0.2) is 13.2 Å². The Kier molecular flexibility index (Phi) is 11.8. The Labute approximate surface area is 259 Å². The molecule has 0 spiro atoms. The molecule has 0 aliphatic carbocycles. The first-order valence-electron chi connectivity index (χ1n) is 14.5. The molecule has 0 radical (unpaired) electrons. The van der Waals surface area contributed by atoms with E-state index in [2.05, 4.69) is 10.8 Å². The predicted molar refractivity (Wildman–Crippen MR) is 167 cm³/mol. The first-order chi connectivity index (χ1) is 20.7. The highest BCUT2D eigenvalue weighted by molar-refractivity contribution is 7.93. The van der Waals surface area contributed by atoms with E-state index in [1.165, 1.54) is 0 Å². The van der Waals surface area contributed by atoms with Crippen LogP contribution in [0.4, 0.5) is 10.5 Å². The summed E-state index contributed by atoms with van der Waals surface area (Å²) in [6.45, 7) is 9.81. The third kappa shape index (κ3) is 10.6. The van der Waals surface area contributed by atoms with E-state index in [1.54, 1.807) is 67.3 Å². The van der Waals surface area contributed by atoms with E-state index in [0.29, 0.717) is 48.4 Å². The Bertz CT molecular complexity index is 1500. The van der Waals surface area contributed by atoms with Crippen molar-refractivity contribution in [2.75, 3.05) is 30.2 Å². The Morgan fingerprint density at radius 1 is 1.20 bits per heavy atom. The van der Waals surface area contributed by atoms with Crippen molar-refractivity contribution in [1.82, 2.24) is 4.90 Å². The van der Waals surface area contributed by atoms with Crippen molar-refractivity contribution >= 4 is 33.8 Å². The average molecular weight is 628 g/mol. The molecule has 1 amide bonds. The zero-order valence-corrected chi connectivity index (χ0v) is 26.6. The van der Waals surface area contributed by atoms with Gasteiger partial charge in [0.2, 0.25) is 10.0 Å². The van der Waals surface area contributed by atoms with Gasteiger partial charge in [0.05, 0.1) is 30.0 Å². The first kappa shape index (κ1) is 34.4. The lowest BCUT2D eigenvalue weighted by molar-refractivity contribution is -0.139. The molecular weight excluding hydrogens is 586 g/mol. The van der Waals surface area contributed by atoms with E-state index in [4.69, 9.17) is 19.5 Å². The van der Waals surface area contributed by atoms with Crippen molar-refractivity contribution in [2.24, 2.45) is 0 Å². The highest BCUT2D eigenvalue weighted by Gasteiger charge is 2.28. The van der Waals surface area contributed by atoms with Crippen LogP contribution in [0.1, 0.15) is 62.8 Å². The van der Waals surface area contributed by atoms with Crippen molar-refractivity contribution < 1.29 is 37.3 Å². The summed E-state index contributed by atoms with van der Waals surface area (Å²) < 4.78 is 44.6. The van der Waals surface area contributed by atoms with Crippen LogP contribution < -0.4 is 9.46 Å². The molecule has 1 aliphatic heterocycles. The SMILES string of the molecule is CCOC(=O)CS(=O)(=O)Nc1ccc(OC2CCN(C(=O)OC(C)(C)C)CC2)c(C)c1CC(O)/C=C/c1cccc(C#N)c1. The first-order valence-corrected chi connectivity index (χ1v) is 16.1. The summed E-state index contributed by atoms with van der Waals surface area (Å²) in [6.07, 6.45) is 2.87. The Morgan fingerprint density at radius 3 is 2.55 bits per heavy atom. The molecule has 238 valence electrons. The largest absolute Gasteiger partial charge is 0.490 e. The number of hydrogen-bond donors (Lipinski definition) is 2. The van der Waals surface area contributed by atoms with Crippen LogP contribution in [0.3, 0.4) is 0 Å². The molecule has 1 atom stereocenters. The van der Waals surface area contributed by atoms with Crippen molar-refractivity contribution in [3.05, 3.63) is 64.7 Å². The highest BCUT2D eigenvalue weighted by atomic mass is 32.2. The second kappa shape index (κ2) is 15.1. The van der Waals surface area contributed by atoms with Gasteiger partial charge in [-0.15, -0.1) is 0 Å². The number of amides is 1. The quantitative estimate of drug-likeness (QED) is 0.341. The molecule has 2 N–H and O–H groups in total. The number of nitriles is 1. The fourth-order valence-corrected chi connectivity index (χ4v) is 5.65. The lowest BCUT2D eigenvalue weighted by Gasteiger charge is -2.34. The number of likely N-dealkylation sites (tertiary alicyclic amines) is 1. The van der Waals surface area contributed by atoms with E-state index in [-0.39, 0.29) is 30.9 Å². The number of ether oxygens (including phenoxy) is 3. The normalized spacial score (nSPS) is 15.0. The molecule has 2 aromatic carbocycles. The summed E-state index contributed by atoms with van der Waals surface area (Å²) in [5, 5.41) is 20.1. The van der Waals surface area contributed by atoms with Gasteiger partial charge in [-0.05, 0) is 75.6 Å². The molecule has 11 nitrogen and oxygen atoms in total. The van der Waals surface area contributed by atoms with Crippen LogP contribution in [0.5, 0.6) is 5.75 Å². The lowest BCUT2D eigenvalue weighted by Crippen LogP contribution is -2.44. The zero-order chi connectivity index (χ0) is 32.5. The second-order valence-corrected chi connectivity index (χ2v) is 13.3. The van der Waals surface area contributed by atoms with Gasteiger partial charge in [0, 0.05) is 32.4 Å². The number of sulfonamides is 1. The third-order valence-electron chi connectivity index (χ3n) is 6.75. The molecule has 3 rings (SSSR count). The number of rotatable bonds is 11. The van der Waals surface area contributed by atoms with Crippen molar-refractivity contribution in [3.63, 3.8) is 0 Å².